The van der Waals surface area contributed by atoms with Crippen LogP contribution in [0.1, 0.15) is 23.0 Å². The molecule has 0 unspecified atom stereocenters. The first-order chi connectivity index (χ1) is 14.0. The number of rotatable bonds is 7. The van der Waals surface area contributed by atoms with E-state index in [9.17, 15) is 14.0 Å². The van der Waals surface area contributed by atoms with Crippen LogP contribution in [0.5, 0.6) is 5.75 Å². The second-order valence-corrected chi connectivity index (χ2v) is 6.87. The lowest BCUT2D eigenvalue weighted by molar-refractivity contribution is -0.115. The lowest BCUT2D eigenvalue weighted by atomic mass is 10.0. The molecule has 1 amide bonds. The number of ether oxygens (including phenoxy) is 2. The molecule has 3 aromatic rings. The van der Waals surface area contributed by atoms with E-state index in [0.29, 0.717) is 27.6 Å². The SMILES string of the molecule is CCOC(=O)c1c(-c2ccc(OC)cc2)csc1NC(=O)Cc1ccc(F)cn1. The zero-order chi connectivity index (χ0) is 20.8. The summed E-state index contributed by atoms with van der Waals surface area (Å²) >= 11 is 1.23. The number of methoxy groups -OCH3 is 1. The van der Waals surface area contributed by atoms with E-state index in [1.807, 2.05) is 12.1 Å². The number of hydrogen-bond donors (Lipinski definition) is 1. The molecule has 0 radical (unpaired) electrons. The topological polar surface area (TPSA) is 77.5 Å². The van der Waals surface area contributed by atoms with Crippen LogP contribution < -0.4 is 10.1 Å². The Kier molecular flexibility index (Phi) is 6.56. The van der Waals surface area contributed by atoms with Gasteiger partial charge in [-0.2, -0.15) is 0 Å². The first kappa shape index (κ1) is 20.5. The summed E-state index contributed by atoms with van der Waals surface area (Å²) in [6.45, 7) is 1.93. The summed E-state index contributed by atoms with van der Waals surface area (Å²) in [5.74, 6) is -0.657. The Bertz CT molecular complexity index is 1000. The highest BCUT2D eigenvalue weighted by Gasteiger charge is 2.23. The third-order valence-corrected chi connectivity index (χ3v) is 4.95. The van der Waals surface area contributed by atoms with Crippen LogP contribution in [0.15, 0.2) is 48.0 Å². The third kappa shape index (κ3) is 4.97. The number of anilines is 1. The smallest absolute Gasteiger partial charge is 0.341 e. The van der Waals surface area contributed by atoms with Gasteiger partial charge in [-0.15, -0.1) is 11.3 Å². The number of aromatic nitrogens is 1. The molecular weight excluding hydrogens is 395 g/mol. The van der Waals surface area contributed by atoms with Crippen molar-refractivity contribution in [2.45, 2.75) is 13.3 Å². The molecule has 0 aliphatic carbocycles. The van der Waals surface area contributed by atoms with Crippen LogP contribution in [-0.2, 0) is 16.0 Å². The molecule has 29 heavy (non-hydrogen) atoms. The average molecular weight is 414 g/mol. The lowest BCUT2D eigenvalue weighted by Crippen LogP contribution is -2.17. The first-order valence-electron chi connectivity index (χ1n) is 8.85. The van der Waals surface area contributed by atoms with Crippen LogP contribution in [0.25, 0.3) is 11.1 Å². The van der Waals surface area contributed by atoms with E-state index < -0.39 is 11.8 Å². The van der Waals surface area contributed by atoms with Gasteiger partial charge in [0, 0.05) is 16.6 Å². The van der Waals surface area contributed by atoms with E-state index in [1.165, 1.54) is 23.5 Å². The van der Waals surface area contributed by atoms with E-state index in [-0.39, 0.29) is 18.9 Å². The van der Waals surface area contributed by atoms with Gasteiger partial charge < -0.3 is 14.8 Å². The van der Waals surface area contributed by atoms with Crippen molar-refractivity contribution in [3.8, 4) is 16.9 Å². The van der Waals surface area contributed by atoms with Crippen molar-refractivity contribution in [1.82, 2.24) is 4.98 Å². The molecule has 0 bridgehead atoms. The number of benzene rings is 1. The van der Waals surface area contributed by atoms with Crippen molar-refractivity contribution >= 4 is 28.2 Å². The average Bonchev–Trinajstić information content (AvgIpc) is 3.13. The number of carbonyl (C=O) groups is 2. The fraction of sp³-hybridized carbons (Fsp3) is 0.190. The molecule has 0 spiro atoms. The molecule has 0 aliphatic rings. The standard InChI is InChI=1S/C21H19FN2O4S/c1-3-28-21(26)19-17(13-4-8-16(27-2)9-5-13)12-29-20(19)24-18(25)10-15-7-6-14(22)11-23-15/h4-9,11-12H,3,10H2,1-2H3,(H,24,25). The zero-order valence-corrected chi connectivity index (χ0v) is 16.7. The molecule has 0 aliphatic heterocycles. The van der Waals surface area contributed by atoms with Crippen LogP contribution in [0.4, 0.5) is 9.39 Å². The lowest BCUT2D eigenvalue weighted by Gasteiger charge is -2.09. The number of thiophene rings is 1. The van der Waals surface area contributed by atoms with Gasteiger partial charge in [0.2, 0.25) is 5.91 Å². The molecule has 0 fully saturated rings. The number of pyridine rings is 1. The molecule has 0 saturated heterocycles. The molecule has 0 saturated carbocycles. The van der Waals surface area contributed by atoms with Crippen molar-refractivity contribution in [1.29, 1.82) is 0 Å². The summed E-state index contributed by atoms with van der Waals surface area (Å²) in [5, 5.41) is 4.93. The fourth-order valence-electron chi connectivity index (χ4n) is 2.69. The molecule has 2 aromatic heterocycles. The van der Waals surface area contributed by atoms with Crippen LogP contribution in [0.2, 0.25) is 0 Å². The Hall–Kier alpha value is -3.26. The molecule has 8 heteroatoms. The zero-order valence-electron chi connectivity index (χ0n) is 15.9. The summed E-state index contributed by atoms with van der Waals surface area (Å²) in [5.41, 5.74) is 2.17. The summed E-state index contributed by atoms with van der Waals surface area (Å²) in [6, 6.07) is 9.93. The van der Waals surface area contributed by atoms with E-state index in [4.69, 9.17) is 9.47 Å². The van der Waals surface area contributed by atoms with Gasteiger partial charge in [-0.1, -0.05) is 12.1 Å². The third-order valence-electron chi connectivity index (χ3n) is 4.05. The highest BCUT2D eigenvalue weighted by atomic mass is 32.1. The van der Waals surface area contributed by atoms with Gasteiger partial charge in [0.05, 0.1) is 26.3 Å². The van der Waals surface area contributed by atoms with Gasteiger partial charge in [0.15, 0.2) is 0 Å². The molecule has 6 nitrogen and oxygen atoms in total. The Morgan fingerprint density at radius 1 is 1.17 bits per heavy atom. The van der Waals surface area contributed by atoms with Gasteiger partial charge >= 0.3 is 5.97 Å². The summed E-state index contributed by atoms with van der Waals surface area (Å²) in [4.78, 5) is 28.9. The molecule has 3 rings (SSSR count). The molecule has 2 heterocycles. The number of amides is 1. The first-order valence-corrected chi connectivity index (χ1v) is 9.73. The highest BCUT2D eigenvalue weighted by Crippen LogP contribution is 2.37. The normalized spacial score (nSPS) is 10.4. The summed E-state index contributed by atoms with van der Waals surface area (Å²) < 4.78 is 23.3. The summed E-state index contributed by atoms with van der Waals surface area (Å²) in [6.07, 6.45) is 1.01. The number of hydrogen-bond acceptors (Lipinski definition) is 6. The molecule has 150 valence electrons. The van der Waals surface area contributed by atoms with E-state index in [2.05, 4.69) is 10.3 Å². The monoisotopic (exact) mass is 414 g/mol. The maximum absolute atomic E-state index is 13.0. The van der Waals surface area contributed by atoms with Crippen LogP contribution in [-0.4, -0.2) is 30.6 Å². The van der Waals surface area contributed by atoms with Crippen LogP contribution >= 0.6 is 11.3 Å². The van der Waals surface area contributed by atoms with Gasteiger partial charge in [0.1, 0.15) is 22.1 Å². The van der Waals surface area contributed by atoms with Crippen molar-refractivity contribution in [3.63, 3.8) is 0 Å². The quantitative estimate of drug-likeness (QED) is 0.583. The van der Waals surface area contributed by atoms with Crippen LogP contribution in [0.3, 0.4) is 0 Å². The second kappa shape index (κ2) is 9.29. The van der Waals surface area contributed by atoms with E-state index in [1.54, 1.807) is 31.5 Å². The van der Waals surface area contributed by atoms with Gasteiger partial charge in [0.25, 0.3) is 0 Å². The Morgan fingerprint density at radius 2 is 1.93 bits per heavy atom. The van der Waals surface area contributed by atoms with Crippen molar-refractivity contribution in [2.24, 2.45) is 0 Å². The minimum absolute atomic E-state index is 0.0433. The fourth-order valence-corrected chi connectivity index (χ4v) is 3.66. The van der Waals surface area contributed by atoms with E-state index in [0.717, 1.165) is 11.8 Å². The molecule has 1 N–H and O–H groups in total. The minimum atomic E-state index is -0.519. The molecule has 1 aromatic carbocycles. The van der Waals surface area contributed by atoms with Gasteiger partial charge in [-0.05, 0) is 36.8 Å². The van der Waals surface area contributed by atoms with Crippen molar-refractivity contribution < 1.29 is 23.5 Å². The summed E-state index contributed by atoms with van der Waals surface area (Å²) in [7, 11) is 1.58. The van der Waals surface area contributed by atoms with Crippen molar-refractivity contribution in [2.75, 3.05) is 19.0 Å². The number of nitrogens with zero attached hydrogens (tertiary/aromatic N) is 1. The predicted molar refractivity (Wildman–Crippen MR) is 109 cm³/mol. The Labute approximate surface area is 171 Å². The Morgan fingerprint density at radius 3 is 2.55 bits per heavy atom. The van der Waals surface area contributed by atoms with Crippen molar-refractivity contribution in [3.05, 3.63) is 65.0 Å². The van der Waals surface area contributed by atoms with Crippen LogP contribution in [0, 0.1) is 5.82 Å². The predicted octanol–water partition coefficient (Wildman–Crippen LogP) is 4.32. The number of carbonyl (C=O) groups excluding carboxylic acids is 2. The maximum Gasteiger partial charge on any atom is 0.341 e. The number of esters is 1. The minimum Gasteiger partial charge on any atom is -0.497 e. The maximum atomic E-state index is 13.0. The second-order valence-electron chi connectivity index (χ2n) is 6.00. The number of nitrogens with one attached hydrogen (secondary N) is 1. The van der Waals surface area contributed by atoms with E-state index >= 15 is 0 Å². The number of halogens is 1. The van der Waals surface area contributed by atoms with Gasteiger partial charge in [-0.3, -0.25) is 9.78 Å². The Balaban J connectivity index is 1.87. The van der Waals surface area contributed by atoms with Gasteiger partial charge in [-0.25, -0.2) is 9.18 Å². The molecular formula is C21H19FN2O4S. The highest BCUT2D eigenvalue weighted by molar-refractivity contribution is 7.15. The largest absolute Gasteiger partial charge is 0.497 e. The molecule has 0 atom stereocenters.